The Morgan fingerprint density at radius 1 is 1.17 bits per heavy atom. The van der Waals surface area contributed by atoms with Gasteiger partial charge in [-0.05, 0) is 60.8 Å². The molecule has 136 valence electrons. The average Bonchev–Trinajstić information content (AvgIpc) is 2.44. The first kappa shape index (κ1) is 19.3. The summed E-state index contributed by atoms with van der Waals surface area (Å²) in [6.07, 6.45) is 3.62. The largest absolute Gasteiger partial charge is 0.330 e. The number of alkyl halides is 2. The van der Waals surface area contributed by atoms with E-state index in [0.717, 1.165) is 55.2 Å². The van der Waals surface area contributed by atoms with Crippen LogP contribution >= 0.6 is 0 Å². The van der Waals surface area contributed by atoms with Crippen molar-refractivity contribution in [2.45, 2.75) is 83.2 Å². The number of nitrogens with two attached hydrogens (primary N) is 1. The van der Waals surface area contributed by atoms with Crippen LogP contribution in [0.5, 0.6) is 0 Å². The van der Waals surface area contributed by atoms with Gasteiger partial charge in [-0.2, -0.15) is 0 Å². The minimum atomic E-state index is -2.39. The molecule has 1 aliphatic carbocycles. The van der Waals surface area contributed by atoms with Gasteiger partial charge in [-0.15, -0.1) is 0 Å². The highest BCUT2D eigenvalue weighted by Crippen LogP contribution is 2.31. The molecule has 0 heterocycles. The van der Waals surface area contributed by atoms with Gasteiger partial charge >= 0.3 is 0 Å². The molecule has 24 heavy (non-hydrogen) atoms. The molecule has 1 aromatic carbocycles. The summed E-state index contributed by atoms with van der Waals surface area (Å²) in [6.45, 7) is 7.07. The summed E-state index contributed by atoms with van der Waals surface area (Å²) in [5, 5.41) is 3.17. The molecule has 2 nitrogen and oxygen atoms in total. The van der Waals surface area contributed by atoms with Crippen molar-refractivity contribution in [2.75, 3.05) is 6.54 Å². The number of hydrogen-bond acceptors (Lipinski definition) is 2. The predicted molar refractivity (Wildman–Crippen MR) is 96.7 cm³/mol. The summed E-state index contributed by atoms with van der Waals surface area (Å²) in [5.41, 5.74) is 8.53. The molecule has 4 heteroatoms. The van der Waals surface area contributed by atoms with E-state index in [4.69, 9.17) is 5.73 Å². The summed E-state index contributed by atoms with van der Waals surface area (Å²) >= 11 is 0. The fourth-order valence-corrected chi connectivity index (χ4v) is 3.09. The second kappa shape index (κ2) is 8.39. The molecule has 1 atom stereocenters. The van der Waals surface area contributed by atoms with Gasteiger partial charge in [0.1, 0.15) is 0 Å². The predicted octanol–water partition coefficient (Wildman–Crippen LogP) is 4.71. The van der Waals surface area contributed by atoms with Crippen LogP contribution in [-0.4, -0.2) is 19.0 Å². The van der Waals surface area contributed by atoms with Crippen molar-refractivity contribution in [3.05, 3.63) is 34.9 Å². The van der Waals surface area contributed by atoms with Gasteiger partial charge in [-0.1, -0.05) is 45.4 Å². The SMILES string of the molecule is CC(C)(C)c1cc(CCCCN)cc(C(NC2CCC2)C(F)F)c1. The molecule has 0 amide bonds. The lowest BCUT2D eigenvalue weighted by Crippen LogP contribution is -2.40. The quantitative estimate of drug-likeness (QED) is 0.674. The van der Waals surface area contributed by atoms with E-state index in [-0.39, 0.29) is 11.5 Å². The van der Waals surface area contributed by atoms with Gasteiger partial charge in [0.2, 0.25) is 0 Å². The van der Waals surface area contributed by atoms with Gasteiger partial charge in [0.15, 0.2) is 0 Å². The number of hydrogen-bond donors (Lipinski definition) is 2. The van der Waals surface area contributed by atoms with Gasteiger partial charge in [0.25, 0.3) is 6.43 Å². The van der Waals surface area contributed by atoms with Crippen molar-refractivity contribution in [1.82, 2.24) is 5.32 Å². The van der Waals surface area contributed by atoms with E-state index in [1.54, 1.807) is 0 Å². The Morgan fingerprint density at radius 3 is 2.38 bits per heavy atom. The number of unbranched alkanes of at least 4 members (excludes halogenated alkanes) is 1. The normalized spacial score (nSPS) is 17.1. The molecule has 1 fully saturated rings. The first-order valence-corrected chi connectivity index (χ1v) is 9.20. The maximum atomic E-state index is 13.7. The Labute approximate surface area is 145 Å². The summed E-state index contributed by atoms with van der Waals surface area (Å²) in [4.78, 5) is 0. The monoisotopic (exact) mass is 338 g/mol. The molecule has 1 unspecified atom stereocenters. The van der Waals surface area contributed by atoms with Gasteiger partial charge in [-0.25, -0.2) is 8.78 Å². The summed E-state index contributed by atoms with van der Waals surface area (Å²) < 4.78 is 27.4. The first-order valence-electron chi connectivity index (χ1n) is 9.20. The molecular weight excluding hydrogens is 306 g/mol. The lowest BCUT2D eigenvalue weighted by Gasteiger charge is -2.32. The zero-order valence-corrected chi connectivity index (χ0v) is 15.2. The molecule has 0 bridgehead atoms. The Morgan fingerprint density at radius 2 is 1.88 bits per heavy atom. The first-order chi connectivity index (χ1) is 11.3. The van der Waals surface area contributed by atoms with Crippen LogP contribution in [0.25, 0.3) is 0 Å². The van der Waals surface area contributed by atoms with Crippen molar-refractivity contribution >= 4 is 0 Å². The van der Waals surface area contributed by atoms with Crippen molar-refractivity contribution in [3.63, 3.8) is 0 Å². The van der Waals surface area contributed by atoms with E-state index in [1.165, 1.54) is 0 Å². The Kier molecular flexibility index (Phi) is 6.76. The maximum Gasteiger partial charge on any atom is 0.257 e. The number of benzene rings is 1. The van der Waals surface area contributed by atoms with Gasteiger partial charge in [0.05, 0.1) is 6.04 Å². The summed E-state index contributed by atoms with van der Waals surface area (Å²) in [5.74, 6) is 0. The van der Waals surface area contributed by atoms with Crippen molar-refractivity contribution in [1.29, 1.82) is 0 Å². The van der Waals surface area contributed by atoms with E-state index in [2.05, 4.69) is 32.2 Å². The second-order valence-electron chi connectivity index (χ2n) is 8.07. The molecule has 1 aromatic rings. The third-order valence-corrected chi connectivity index (χ3v) is 4.93. The number of nitrogens with one attached hydrogen (secondary N) is 1. The summed E-state index contributed by atoms with van der Waals surface area (Å²) in [6, 6.07) is 5.48. The van der Waals surface area contributed by atoms with Crippen LogP contribution in [0.3, 0.4) is 0 Å². The highest BCUT2D eigenvalue weighted by Gasteiger charge is 2.29. The Balaban J connectivity index is 2.28. The lowest BCUT2D eigenvalue weighted by molar-refractivity contribution is 0.0840. The maximum absolute atomic E-state index is 13.7. The molecule has 1 aliphatic rings. The third-order valence-electron chi connectivity index (χ3n) is 4.93. The molecule has 0 radical (unpaired) electrons. The fourth-order valence-electron chi connectivity index (χ4n) is 3.09. The minimum Gasteiger partial charge on any atom is -0.330 e. The van der Waals surface area contributed by atoms with Crippen LogP contribution in [0.15, 0.2) is 18.2 Å². The highest BCUT2D eigenvalue weighted by atomic mass is 19.3. The number of halogens is 2. The topological polar surface area (TPSA) is 38.0 Å². The second-order valence-corrected chi connectivity index (χ2v) is 8.07. The molecule has 0 spiro atoms. The highest BCUT2D eigenvalue weighted by molar-refractivity contribution is 5.36. The van der Waals surface area contributed by atoms with Crippen LogP contribution in [0.1, 0.15) is 75.6 Å². The molecular formula is C20H32F2N2. The molecule has 0 aromatic heterocycles. The zero-order chi connectivity index (χ0) is 17.7. The lowest BCUT2D eigenvalue weighted by atomic mass is 9.83. The van der Waals surface area contributed by atoms with E-state index in [9.17, 15) is 8.78 Å². The smallest absolute Gasteiger partial charge is 0.257 e. The molecule has 3 N–H and O–H groups in total. The molecule has 0 aliphatic heterocycles. The zero-order valence-electron chi connectivity index (χ0n) is 15.2. The molecule has 1 saturated carbocycles. The van der Waals surface area contributed by atoms with Gasteiger partial charge in [0, 0.05) is 6.04 Å². The van der Waals surface area contributed by atoms with E-state index in [0.29, 0.717) is 6.54 Å². The standard InChI is InChI=1S/C20H32F2N2/c1-20(2,3)16-12-14(7-4-5-10-23)11-15(13-16)18(19(21)22)24-17-8-6-9-17/h11-13,17-19,24H,4-10,23H2,1-3H3. The van der Waals surface area contributed by atoms with Crippen molar-refractivity contribution < 1.29 is 8.78 Å². The van der Waals surface area contributed by atoms with Crippen molar-refractivity contribution in [2.24, 2.45) is 5.73 Å². The summed E-state index contributed by atoms with van der Waals surface area (Å²) in [7, 11) is 0. The van der Waals surface area contributed by atoms with Crippen molar-refractivity contribution in [3.8, 4) is 0 Å². The molecule has 2 rings (SSSR count). The fraction of sp³-hybridized carbons (Fsp3) is 0.700. The number of aryl methyl sites for hydroxylation is 1. The molecule has 0 saturated heterocycles. The van der Waals surface area contributed by atoms with Crippen LogP contribution in [0.2, 0.25) is 0 Å². The van der Waals surface area contributed by atoms with Crippen LogP contribution in [-0.2, 0) is 11.8 Å². The van der Waals surface area contributed by atoms with E-state index < -0.39 is 12.5 Å². The number of rotatable bonds is 8. The van der Waals surface area contributed by atoms with Gasteiger partial charge in [-0.3, -0.25) is 0 Å². The van der Waals surface area contributed by atoms with Gasteiger partial charge < -0.3 is 11.1 Å². The van der Waals surface area contributed by atoms with E-state index >= 15 is 0 Å². The minimum absolute atomic E-state index is 0.0538. The Bertz CT molecular complexity index is 519. The van der Waals surface area contributed by atoms with Crippen LogP contribution in [0, 0.1) is 0 Å². The van der Waals surface area contributed by atoms with Crippen LogP contribution < -0.4 is 11.1 Å². The van der Waals surface area contributed by atoms with E-state index in [1.807, 2.05) is 12.1 Å². The Hall–Kier alpha value is -1.00. The average molecular weight is 338 g/mol. The third kappa shape index (κ3) is 5.25. The van der Waals surface area contributed by atoms with Crippen LogP contribution in [0.4, 0.5) is 8.78 Å².